The van der Waals surface area contributed by atoms with Gasteiger partial charge in [-0.3, -0.25) is 9.36 Å². The van der Waals surface area contributed by atoms with Crippen LogP contribution in [0.15, 0.2) is 51.8 Å². The van der Waals surface area contributed by atoms with Crippen molar-refractivity contribution in [3.63, 3.8) is 0 Å². The molecule has 0 bridgehead atoms. The number of carbonyl (C=O) groups is 1. The molecule has 4 rings (SSSR count). The van der Waals surface area contributed by atoms with E-state index in [1.54, 1.807) is 6.07 Å². The van der Waals surface area contributed by atoms with Gasteiger partial charge in [-0.2, -0.15) is 0 Å². The zero-order valence-electron chi connectivity index (χ0n) is 16.5. The molecule has 1 aromatic carbocycles. The van der Waals surface area contributed by atoms with Crippen LogP contribution in [0.5, 0.6) is 0 Å². The van der Waals surface area contributed by atoms with Gasteiger partial charge in [0.25, 0.3) is 0 Å². The monoisotopic (exact) mass is 395 g/mol. The Hall–Kier alpha value is -3.13. The van der Waals surface area contributed by atoms with Gasteiger partial charge in [0.15, 0.2) is 5.58 Å². The second-order valence-corrected chi connectivity index (χ2v) is 7.33. The van der Waals surface area contributed by atoms with Crippen LogP contribution in [0.25, 0.3) is 11.1 Å². The number of hydrogen-bond donors (Lipinski definition) is 1. The number of anilines is 1. The molecule has 1 N–H and O–H groups in total. The second kappa shape index (κ2) is 8.48. The van der Waals surface area contributed by atoms with Crippen molar-refractivity contribution in [2.24, 2.45) is 0 Å². The third-order valence-corrected chi connectivity index (χ3v) is 5.26. The summed E-state index contributed by atoms with van der Waals surface area (Å²) in [5.74, 6) is 0.410. The third kappa shape index (κ3) is 4.48. The number of carbonyl (C=O) groups excluding carboxylic acids is 1. The molecule has 152 valence electrons. The first kappa shape index (κ1) is 19.2. The van der Waals surface area contributed by atoms with E-state index >= 15 is 0 Å². The smallest absolute Gasteiger partial charge is 0.408 e. The second-order valence-electron chi connectivity index (χ2n) is 7.33. The van der Waals surface area contributed by atoms with Gasteiger partial charge in [-0.15, -0.1) is 0 Å². The Morgan fingerprint density at radius 3 is 2.69 bits per heavy atom. The zero-order valence-corrected chi connectivity index (χ0v) is 16.5. The van der Waals surface area contributed by atoms with Crippen molar-refractivity contribution < 1.29 is 9.21 Å². The molecule has 0 spiro atoms. The van der Waals surface area contributed by atoms with Crippen LogP contribution >= 0.6 is 0 Å². The molecule has 0 atom stereocenters. The summed E-state index contributed by atoms with van der Waals surface area (Å²) in [6, 6.07) is 11.2. The van der Waals surface area contributed by atoms with E-state index in [0.717, 1.165) is 37.6 Å². The fourth-order valence-electron chi connectivity index (χ4n) is 3.47. The summed E-state index contributed by atoms with van der Waals surface area (Å²) < 4.78 is 6.68. The quantitative estimate of drug-likeness (QED) is 0.680. The highest BCUT2D eigenvalue weighted by atomic mass is 16.4. The number of piperazine rings is 1. The standard InChI is InChI=1S/C21H25N5O3/c1-24-10-12-25(13-11-24)19-7-6-16(14-22-19)15-23-20(27)8-9-26-17-4-2-3-5-18(17)29-21(26)28/h2-7,14H,8-13,15H2,1H3,(H,23,27). The molecule has 3 heterocycles. The lowest BCUT2D eigenvalue weighted by molar-refractivity contribution is -0.121. The van der Waals surface area contributed by atoms with Crippen LogP contribution in [0.2, 0.25) is 0 Å². The number of pyridine rings is 1. The molecule has 29 heavy (non-hydrogen) atoms. The van der Waals surface area contributed by atoms with Gasteiger partial charge >= 0.3 is 5.76 Å². The molecule has 3 aromatic rings. The van der Waals surface area contributed by atoms with E-state index in [4.69, 9.17) is 4.42 Å². The van der Waals surface area contributed by atoms with E-state index in [2.05, 4.69) is 27.1 Å². The fraction of sp³-hybridized carbons (Fsp3) is 0.381. The van der Waals surface area contributed by atoms with Gasteiger partial charge in [-0.1, -0.05) is 18.2 Å². The lowest BCUT2D eigenvalue weighted by Gasteiger charge is -2.33. The predicted octanol–water partition coefficient (Wildman–Crippen LogP) is 1.45. The normalized spacial score (nSPS) is 15.0. The highest BCUT2D eigenvalue weighted by Crippen LogP contribution is 2.14. The Bertz CT molecular complexity index is 1030. The maximum atomic E-state index is 12.2. The van der Waals surface area contributed by atoms with Crippen molar-refractivity contribution in [1.29, 1.82) is 0 Å². The number of para-hydroxylation sites is 2. The molecule has 8 heteroatoms. The van der Waals surface area contributed by atoms with Crippen molar-refractivity contribution in [1.82, 2.24) is 19.8 Å². The average molecular weight is 395 g/mol. The van der Waals surface area contributed by atoms with Gasteiger partial charge < -0.3 is 19.5 Å². The van der Waals surface area contributed by atoms with Gasteiger partial charge in [0.1, 0.15) is 5.82 Å². The van der Waals surface area contributed by atoms with Crippen LogP contribution in [-0.4, -0.2) is 53.6 Å². The van der Waals surface area contributed by atoms with Gasteiger partial charge in [-0.05, 0) is 30.8 Å². The van der Waals surface area contributed by atoms with Gasteiger partial charge in [0.05, 0.1) is 5.52 Å². The van der Waals surface area contributed by atoms with Gasteiger partial charge in [-0.25, -0.2) is 9.78 Å². The molecule has 0 aliphatic carbocycles. The fourth-order valence-corrected chi connectivity index (χ4v) is 3.47. The number of rotatable bonds is 6. The van der Waals surface area contributed by atoms with E-state index in [1.165, 1.54) is 4.57 Å². The number of benzene rings is 1. The number of amides is 1. The van der Waals surface area contributed by atoms with Crippen molar-refractivity contribution in [2.45, 2.75) is 19.5 Å². The summed E-state index contributed by atoms with van der Waals surface area (Å²) in [4.78, 5) is 33.3. The molecule has 0 unspecified atom stereocenters. The van der Waals surface area contributed by atoms with Crippen LogP contribution in [0.1, 0.15) is 12.0 Å². The van der Waals surface area contributed by atoms with E-state index < -0.39 is 5.76 Å². The largest absolute Gasteiger partial charge is 0.419 e. The molecule has 0 radical (unpaired) electrons. The summed E-state index contributed by atoms with van der Waals surface area (Å²) in [5, 5.41) is 2.89. The highest BCUT2D eigenvalue weighted by Gasteiger charge is 2.15. The Morgan fingerprint density at radius 2 is 1.93 bits per heavy atom. The molecule has 1 aliphatic rings. The molecular formula is C21H25N5O3. The van der Waals surface area contributed by atoms with Crippen molar-refractivity contribution in [2.75, 3.05) is 38.1 Å². The topological polar surface area (TPSA) is 83.6 Å². The SMILES string of the molecule is CN1CCN(c2ccc(CNC(=O)CCn3c(=O)oc4ccccc43)cn2)CC1. The van der Waals surface area contributed by atoms with E-state index in [-0.39, 0.29) is 18.9 Å². The van der Waals surface area contributed by atoms with Crippen LogP contribution in [0.3, 0.4) is 0 Å². The zero-order chi connectivity index (χ0) is 20.2. The van der Waals surface area contributed by atoms with Crippen LogP contribution in [0, 0.1) is 0 Å². The van der Waals surface area contributed by atoms with Crippen LogP contribution in [0.4, 0.5) is 5.82 Å². The van der Waals surface area contributed by atoms with E-state index in [9.17, 15) is 9.59 Å². The number of nitrogens with zero attached hydrogens (tertiary/aromatic N) is 4. The number of oxazole rings is 1. The summed E-state index contributed by atoms with van der Waals surface area (Å²) in [7, 11) is 2.13. The highest BCUT2D eigenvalue weighted by molar-refractivity contribution is 5.76. The Kier molecular flexibility index (Phi) is 5.62. The number of fused-ring (bicyclic) bond motifs is 1. The maximum absolute atomic E-state index is 12.2. The Morgan fingerprint density at radius 1 is 1.14 bits per heavy atom. The lowest BCUT2D eigenvalue weighted by atomic mass is 10.2. The molecule has 1 aliphatic heterocycles. The van der Waals surface area contributed by atoms with Gasteiger partial charge in [0, 0.05) is 51.9 Å². The molecule has 2 aromatic heterocycles. The number of aromatic nitrogens is 2. The number of nitrogens with one attached hydrogen (secondary N) is 1. The number of aryl methyl sites for hydroxylation is 1. The lowest BCUT2D eigenvalue weighted by Crippen LogP contribution is -2.44. The molecule has 0 saturated carbocycles. The summed E-state index contributed by atoms with van der Waals surface area (Å²) >= 11 is 0. The minimum atomic E-state index is -0.442. The van der Waals surface area contributed by atoms with Crippen LogP contribution < -0.4 is 16.0 Å². The summed E-state index contributed by atoms with van der Waals surface area (Å²) in [6.45, 7) is 4.71. The van der Waals surface area contributed by atoms with Crippen LogP contribution in [-0.2, 0) is 17.9 Å². The number of likely N-dealkylation sites (N-methyl/N-ethyl adjacent to an activating group) is 1. The number of hydrogen-bond acceptors (Lipinski definition) is 6. The van der Waals surface area contributed by atoms with Crippen molar-refractivity contribution >= 4 is 22.8 Å². The maximum Gasteiger partial charge on any atom is 0.419 e. The molecule has 8 nitrogen and oxygen atoms in total. The molecular weight excluding hydrogens is 370 g/mol. The average Bonchev–Trinajstić information content (AvgIpc) is 3.06. The molecule has 1 fully saturated rings. The van der Waals surface area contributed by atoms with Gasteiger partial charge in [0.2, 0.25) is 5.91 Å². The first-order valence-corrected chi connectivity index (χ1v) is 9.83. The Balaban J connectivity index is 1.28. The van der Waals surface area contributed by atoms with E-state index in [0.29, 0.717) is 17.6 Å². The summed E-state index contributed by atoms with van der Waals surface area (Å²) in [5.41, 5.74) is 2.18. The molecule has 1 saturated heterocycles. The summed E-state index contributed by atoms with van der Waals surface area (Å²) in [6.07, 6.45) is 2.01. The van der Waals surface area contributed by atoms with E-state index in [1.807, 2.05) is 36.5 Å². The first-order valence-electron chi connectivity index (χ1n) is 9.83. The molecule has 1 amide bonds. The minimum Gasteiger partial charge on any atom is -0.408 e. The minimum absolute atomic E-state index is 0.120. The van der Waals surface area contributed by atoms with Crippen molar-refractivity contribution in [3.8, 4) is 0 Å². The Labute approximate surface area is 168 Å². The first-order chi connectivity index (χ1) is 14.1. The van der Waals surface area contributed by atoms with Crippen molar-refractivity contribution in [3.05, 3.63) is 58.7 Å². The predicted molar refractivity (Wildman–Crippen MR) is 111 cm³/mol. The third-order valence-electron chi connectivity index (χ3n) is 5.26.